The molecule has 7 nitrogen and oxygen atoms in total. The van der Waals surface area contributed by atoms with Crippen LogP contribution in [0.1, 0.15) is 18.4 Å². The Morgan fingerprint density at radius 3 is 2.52 bits per heavy atom. The number of rotatable bonds is 6. The highest BCUT2D eigenvalue weighted by molar-refractivity contribution is 5.92. The van der Waals surface area contributed by atoms with Gasteiger partial charge in [0, 0.05) is 38.5 Å². The number of nitrogens with zero attached hydrogens (tertiary/aromatic N) is 2. The monoisotopic (exact) mass is 423 g/mol. The molecule has 0 unspecified atom stereocenters. The molecular weight excluding hydrogens is 394 g/mol. The highest BCUT2D eigenvalue weighted by Gasteiger charge is 2.30. The maximum Gasteiger partial charge on any atom is 0.251 e. The quantitative estimate of drug-likeness (QED) is 0.773. The van der Waals surface area contributed by atoms with E-state index >= 15 is 0 Å². The van der Waals surface area contributed by atoms with Gasteiger partial charge in [-0.25, -0.2) is 0 Å². The Kier molecular flexibility index (Phi) is 6.84. The van der Waals surface area contributed by atoms with Crippen LogP contribution < -0.4 is 10.1 Å². The minimum atomic E-state index is -0.271. The van der Waals surface area contributed by atoms with Crippen molar-refractivity contribution in [1.29, 1.82) is 0 Å². The molecule has 2 aliphatic rings. The topological polar surface area (TPSA) is 71.1 Å². The van der Waals surface area contributed by atoms with Crippen LogP contribution in [0.25, 0.3) is 0 Å². The Balaban J connectivity index is 1.21. The van der Waals surface area contributed by atoms with Crippen molar-refractivity contribution in [2.24, 2.45) is 0 Å². The molecule has 2 saturated heterocycles. The molecule has 0 bridgehead atoms. The van der Waals surface area contributed by atoms with Gasteiger partial charge < -0.3 is 19.7 Å². The van der Waals surface area contributed by atoms with Crippen molar-refractivity contribution in [2.45, 2.75) is 25.9 Å². The SMILES string of the molecule is Cc1cccc(Oc2ccc(NC(=O)CN3CCN(C(=O)[C@@H]4CCCO4)CC3)cc2)c1. The van der Waals surface area contributed by atoms with E-state index in [1.165, 1.54) is 0 Å². The molecule has 0 spiro atoms. The van der Waals surface area contributed by atoms with Crippen LogP contribution in [0, 0.1) is 6.92 Å². The first-order valence-electron chi connectivity index (χ1n) is 10.8. The summed E-state index contributed by atoms with van der Waals surface area (Å²) in [6, 6.07) is 15.2. The predicted molar refractivity (Wildman–Crippen MR) is 118 cm³/mol. The zero-order valence-electron chi connectivity index (χ0n) is 17.9. The largest absolute Gasteiger partial charge is 0.457 e. The van der Waals surface area contributed by atoms with Gasteiger partial charge in [0.1, 0.15) is 17.6 Å². The Morgan fingerprint density at radius 1 is 1.06 bits per heavy atom. The molecule has 7 heteroatoms. The van der Waals surface area contributed by atoms with Gasteiger partial charge in [0.2, 0.25) is 5.91 Å². The number of carbonyl (C=O) groups is 2. The molecule has 31 heavy (non-hydrogen) atoms. The summed E-state index contributed by atoms with van der Waals surface area (Å²) >= 11 is 0. The minimum absolute atomic E-state index is 0.0637. The van der Waals surface area contributed by atoms with Gasteiger partial charge in [0.05, 0.1) is 6.54 Å². The second kappa shape index (κ2) is 9.94. The summed E-state index contributed by atoms with van der Waals surface area (Å²) < 4.78 is 11.3. The highest BCUT2D eigenvalue weighted by Crippen LogP contribution is 2.23. The van der Waals surface area contributed by atoms with E-state index in [4.69, 9.17) is 9.47 Å². The van der Waals surface area contributed by atoms with E-state index in [9.17, 15) is 9.59 Å². The summed E-state index contributed by atoms with van der Waals surface area (Å²) in [7, 11) is 0. The van der Waals surface area contributed by atoms with Crippen LogP contribution >= 0.6 is 0 Å². The zero-order valence-corrected chi connectivity index (χ0v) is 17.9. The van der Waals surface area contributed by atoms with Crippen LogP contribution in [0.3, 0.4) is 0 Å². The average molecular weight is 424 g/mol. The van der Waals surface area contributed by atoms with Crippen LogP contribution in [0.4, 0.5) is 5.69 Å². The fourth-order valence-electron chi connectivity index (χ4n) is 3.93. The lowest BCUT2D eigenvalue weighted by atomic mass is 10.2. The van der Waals surface area contributed by atoms with Crippen LogP contribution in [0.15, 0.2) is 48.5 Å². The van der Waals surface area contributed by atoms with Gasteiger partial charge in [-0.05, 0) is 61.7 Å². The molecular formula is C24H29N3O4. The lowest BCUT2D eigenvalue weighted by Gasteiger charge is -2.35. The van der Waals surface area contributed by atoms with E-state index in [0.29, 0.717) is 39.3 Å². The number of hydrogen-bond acceptors (Lipinski definition) is 5. The maximum atomic E-state index is 12.4. The van der Waals surface area contributed by atoms with Crippen molar-refractivity contribution >= 4 is 17.5 Å². The molecule has 164 valence electrons. The summed E-state index contributed by atoms with van der Waals surface area (Å²) in [4.78, 5) is 28.8. The molecule has 2 amide bonds. The first kappa shape index (κ1) is 21.3. The Hall–Kier alpha value is -2.90. The molecule has 4 rings (SSSR count). The van der Waals surface area contributed by atoms with Gasteiger partial charge >= 0.3 is 0 Å². The van der Waals surface area contributed by atoms with E-state index < -0.39 is 0 Å². The van der Waals surface area contributed by atoms with Crippen LogP contribution in [0.5, 0.6) is 11.5 Å². The van der Waals surface area contributed by atoms with Crippen LogP contribution in [-0.2, 0) is 14.3 Å². The average Bonchev–Trinajstić information content (AvgIpc) is 3.30. The smallest absolute Gasteiger partial charge is 0.251 e. The number of anilines is 1. The second-order valence-electron chi connectivity index (χ2n) is 8.09. The van der Waals surface area contributed by atoms with E-state index in [0.717, 1.165) is 35.6 Å². The molecule has 0 aliphatic carbocycles. The summed E-state index contributed by atoms with van der Waals surface area (Å²) in [5.41, 5.74) is 1.87. The number of amides is 2. The molecule has 0 saturated carbocycles. The van der Waals surface area contributed by atoms with E-state index in [1.807, 2.05) is 60.4 Å². The van der Waals surface area contributed by atoms with E-state index in [-0.39, 0.29) is 17.9 Å². The Morgan fingerprint density at radius 2 is 1.84 bits per heavy atom. The molecule has 0 aromatic heterocycles. The van der Waals surface area contributed by atoms with Crippen LogP contribution in [-0.4, -0.2) is 67.0 Å². The van der Waals surface area contributed by atoms with Gasteiger partial charge in [0.25, 0.3) is 5.91 Å². The lowest BCUT2D eigenvalue weighted by Crippen LogP contribution is -2.52. The number of benzene rings is 2. The Bertz CT molecular complexity index is 901. The van der Waals surface area contributed by atoms with Gasteiger partial charge in [-0.15, -0.1) is 0 Å². The third kappa shape index (κ3) is 5.83. The molecule has 1 atom stereocenters. The third-order valence-corrected chi connectivity index (χ3v) is 5.62. The summed E-state index contributed by atoms with van der Waals surface area (Å²) in [6.45, 7) is 5.66. The normalized spacial score (nSPS) is 19.3. The van der Waals surface area contributed by atoms with E-state index in [2.05, 4.69) is 10.2 Å². The van der Waals surface area contributed by atoms with Crippen molar-refractivity contribution < 1.29 is 19.1 Å². The fourth-order valence-corrected chi connectivity index (χ4v) is 3.93. The van der Waals surface area contributed by atoms with E-state index in [1.54, 1.807) is 0 Å². The van der Waals surface area contributed by atoms with Crippen molar-refractivity contribution in [3.63, 3.8) is 0 Å². The standard InChI is InChI=1S/C24H29N3O4/c1-18-4-2-5-21(16-18)31-20-9-7-19(8-10-20)25-23(28)17-26-11-13-27(14-12-26)24(29)22-6-3-15-30-22/h2,4-5,7-10,16,22H,3,6,11-15,17H2,1H3,(H,25,28)/t22-/m0/s1. The van der Waals surface area contributed by atoms with Gasteiger partial charge in [-0.3, -0.25) is 14.5 Å². The number of nitrogens with one attached hydrogen (secondary N) is 1. The minimum Gasteiger partial charge on any atom is -0.457 e. The summed E-state index contributed by atoms with van der Waals surface area (Å²) in [5, 5.41) is 2.93. The van der Waals surface area contributed by atoms with Gasteiger partial charge in [-0.2, -0.15) is 0 Å². The summed E-state index contributed by atoms with van der Waals surface area (Å²) in [6.07, 6.45) is 1.50. The summed E-state index contributed by atoms with van der Waals surface area (Å²) in [5.74, 6) is 1.53. The number of ether oxygens (including phenoxy) is 2. The van der Waals surface area contributed by atoms with Crippen LogP contribution in [0.2, 0.25) is 0 Å². The Labute approximate surface area is 182 Å². The predicted octanol–water partition coefficient (Wildman–Crippen LogP) is 3.05. The highest BCUT2D eigenvalue weighted by atomic mass is 16.5. The number of aryl methyl sites for hydroxylation is 1. The lowest BCUT2D eigenvalue weighted by molar-refractivity contribution is -0.142. The molecule has 2 heterocycles. The van der Waals surface area contributed by atoms with Crippen molar-refractivity contribution in [3.05, 3.63) is 54.1 Å². The molecule has 0 radical (unpaired) electrons. The molecule has 2 aliphatic heterocycles. The van der Waals surface area contributed by atoms with Crippen molar-refractivity contribution in [2.75, 3.05) is 44.6 Å². The van der Waals surface area contributed by atoms with Gasteiger partial charge in [0.15, 0.2) is 0 Å². The molecule has 2 aromatic rings. The van der Waals surface area contributed by atoms with Crippen molar-refractivity contribution in [1.82, 2.24) is 9.80 Å². The number of carbonyl (C=O) groups excluding carboxylic acids is 2. The fraction of sp³-hybridized carbons (Fsp3) is 0.417. The molecule has 2 aromatic carbocycles. The third-order valence-electron chi connectivity index (χ3n) is 5.62. The van der Waals surface area contributed by atoms with Crippen molar-refractivity contribution in [3.8, 4) is 11.5 Å². The second-order valence-corrected chi connectivity index (χ2v) is 8.09. The first-order valence-corrected chi connectivity index (χ1v) is 10.8. The first-order chi connectivity index (χ1) is 15.1. The number of piperazine rings is 1. The number of hydrogen-bond donors (Lipinski definition) is 1. The zero-order chi connectivity index (χ0) is 21.6. The molecule has 1 N–H and O–H groups in total. The maximum absolute atomic E-state index is 12.4. The molecule has 2 fully saturated rings. The van der Waals surface area contributed by atoms with Gasteiger partial charge in [-0.1, -0.05) is 12.1 Å².